The molecule has 0 unspecified atom stereocenters. The Morgan fingerprint density at radius 1 is 0.951 bits per heavy atom. The van der Waals surface area contributed by atoms with Crippen LogP contribution in [0.4, 0.5) is 5.69 Å². The minimum atomic E-state index is -4.15. The van der Waals surface area contributed by atoms with E-state index >= 15 is 0 Å². The minimum absolute atomic E-state index is 0.0564. The third-order valence-electron chi connectivity index (χ3n) is 6.70. The molecule has 0 aromatic heterocycles. The molecule has 0 bridgehead atoms. The van der Waals surface area contributed by atoms with Gasteiger partial charge in [0, 0.05) is 17.1 Å². The van der Waals surface area contributed by atoms with Gasteiger partial charge in [-0.1, -0.05) is 72.6 Å². The average molecular weight is 598 g/mol. The van der Waals surface area contributed by atoms with E-state index in [4.69, 9.17) is 11.6 Å². The summed E-state index contributed by atoms with van der Waals surface area (Å²) in [5, 5.41) is 3.37. The standard InChI is InChI=1S/C32H40ClN3O4S/c1-7-29(31(38)34-32(4,5)6)35(20-19-25-11-9-8-10-12-25)30(37)22-36(26-16-15-24(3)28(33)21-26)41(39,40)27-17-13-23(2)14-18-27/h8-18,21,29H,7,19-20,22H2,1-6H3,(H,34,38)/t29-/m1/s1. The summed E-state index contributed by atoms with van der Waals surface area (Å²) >= 11 is 6.40. The first-order valence-corrected chi connectivity index (χ1v) is 15.6. The van der Waals surface area contributed by atoms with Crippen LogP contribution in [0, 0.1) is 13.8 Å². The highest BCUT2D eigenvalue weighted by Crippen LogP contribution is 2.29. The maximum absolute atomic E-state index is 14.1. The van der Waals surface area contributed by atoms with Crippen LogP contribution in [-0.4, -0.2) is 49.8 Å². The van der Waals surface area contributed by atoms with Crippen LogP contribution in [-0.2, 0) is 26.0 Å². The fourth-order valence-electron chi connectivity index (χ4n) is 4.45. The van der Waals surface area contributed by atoms with Crippen molar-refractivity contribution in [2.75, 3.05) is 17.4 Å². The number of anilines is 1. The van der Waals surface area contributed by atoms with Gasteiger partial charge in [0.2, 0.25) is 11.8 Å². The van der Waals surface area contributed by atoms with Gasteiger partial charge in [0.15, 0.2) is 0 Å². The Morgan fingerprint density at radius 3 is 2.15 bits per heavy atom. The lowest BCUT2D eigenvalue weighted by Crippen LogP contribution is -2.56. The van der Waals surface area contributed by atoms with Crippen LogP contribution < -0.4 is 9.62 Å². The van der Waals surface area contributed by atoms with E-state index in [0.29, 0.717) is 17.9 Å². The van der Waals surface area contributed by atoms with E-state index in [9.17, 15) is 18.0 Å². The molecule has 41 heavy (non-hydrogen) atoms. The average Bonchev–Trinajstić information content (AvgIpc) is 2.90. The van der Waals surface area contributed by atoms with Crippen molar-refractivity contribution in [2.45, 2.75) is 70.9 Å². The molecule has 3 aromatic carbocycles. The molecule has 0 heterocycles. The predicted octanol–water partition coefficient (Wildman–Crippen LogP) is 5.92. The lowest BCUT2D eigenvalue weighted by atomic mass is 10.1. The van der Waals surface area contributed by atoms with Crippen LogP contribution in [0.15, 0.2) is 77.7 Å². The molecular formula is C32H40ClN3O4S. The lowest BCUT2D eigenvalue weighted by Gasteiger charge is -2.34. The van der Waals surface area contributed by atoms with E-state index < -0.39 is 34.1 Å². The van der Waals surface area contributed by atoms with Gasteiger partial charge >= 0.3 is 0 Å². The molecule has 0 radical (unpaired) electrons. The smallest absolute Gasteiger partial charge is 0.264 e. The van der Waals surface area contributed by atoms with Gasteiger partial charge < -0.3 is 10.2 Å². The molecule has 1 atom stereocenters. The van der Waals surface area contributed by atoms with Crippen molar-refractivity contribution in [3.8, 4) is 0 Å². The molecule has 3 aromatic rings. The third-order valence-corrected chi connectivity index (χ3v) is 8.89. The Bertz CT molecular complexity index is 1450. The maximum Gasteiger partial charge on any atom is 0.264 e. The van der Waals surface area contributed by atoms with E-state index in [2.05, 4.69) is 5.32 Å². The Kier molecular flexibility index (Phi) is 10.6. The molecule has 7 nitrogen and oxygen atoms in total. The molecule has 2 amide bonds. The quantitative estimate of drug-likeness (QED) is 0.297. The van der Waals surface area contributed by atoms with Gasteiger partial charge in [-0.3, -0.25) is 13.9 Å². The second kappa shape index (κ2) is 13.5. The number of nitrogens with one attached hydrogen (secondary N) is 1. The molecule has 9 heteroatoms. The molecule has 0 aliphatic rings. The zero-order chi connectivity index (χ0) is 30.4. The first-order valence-electron chi connectivity index (χ1n) is 13.7. The number of nitrogens with zero attached hydrogens (tertiary/aromatic N) is 2. The fraction of sp³-hybridized carbons (Fsp3) is 0.375. The summed E-state index contributed by atoms with van der Waals surface area (Å²) < 4.78 is 29.0. The van der Waals surface area contributed by atoms with Crippen LogP contribution in [0.1, 0.15) is 50.8 Å². The molecule has 1 N–H and O–H groups in total. The zero-order valence-electron chi connectivity index (χ0n) is 24.6. The largest absolute Gasteiger partial charge is 0.350 e. The molecule has 0 fully saturated rings. The number of carbonyl (C=O) groups is 2. The number of hydrogen-bond acceptors (Lipinski definition) is 4. The first-order chi connectivity index (χ1) is 19.2. The van der Waals surface area contributed by atoms with Gasteiger partial charge in [-0.05, 0) is 82.9 Å². The normalized spacial score (nSPS) is 12.5. The van der Waals surface area contributed by atoms with Crippen LogP contribution in [0.3, 0.4) is 0 Å². The number of benzene rings is 3. The fourth-order valence-corrected chi connectivity index (χ4v) is 6.03. The highest BCUT2D eigenvalue weighted by molar-refractivity contribution is 7.92. The summed E-state index contributed by atoms with van der Waals surface area (Å²) in [5.74, 6) is -0.767. The molecule has 0 saturated carbocycles. The topological polar surface area (TPSA) is 86.8 Å². The summed E-state index contributed by atoms with van der Waals surface area (Å²) in [5.41, 5.74) is 2.46. The number of hydrogen-bond donors (Lipinski definition) is 1. The number of sulfonamides is 1. The zero-order valence-corrected chi connectivity index (χ0v) is 26.2. The monoisotopic (exact) mass is 597 g/mol. The number of rotatable bonds is 11. The number of carbonyl (C=O) groups excluding carboxylic acids is 2. The van der Waals surface area contributed by atoms with Gasteiger partial charge in [-0.15, -0.1) is 0 Å². The van der Waals surface area contributed by atoms with E-state index in [1.54, 1.807) is 30.3 Å². The number of halogens is 1. The van der Waals surface area contributed by atoms with Crippen molar-refractivity contribution < 1.29 is 18.0 Å². The van der Waals surface area contributed by atoms with Gasteiger partial charge in [-0.25, -0.2) is 8.42 Å². The van der Waals surface area contributed by atoms with Crippen LogP contribution in [0.5, 0.6) is 0 Å². The highest BCUT2D eigenvalue weighted by atomic mass is 35.5. The van der Waals surface area contributed by atoms with E-state index in [1.165, 1.54) is 17.0 Å². The second-order valence-corrected chi connectivity index (χ2v) is 13.5. The van der Waals surface area contributed by atoms with Gasteiger partial charge in [0.25, 0.3) is 10.0 Å². The summed E-state index contributed by atoms with van der Waals surface area (Å²) in [6, 6.07) is 20.3. The summed E-state index contributed by atoms with van der Waals surface area (Å²) in [7, 11) is -4.15. The summed E-state index contributed by atoms with van der Waals surface area (Å²) in [6.07, 6.45) is 0.871. The molecule has 220 valence electrons. The molecule has 0 aliphatic heterocycles. The van der Waals surface area contributed by atoms with Crippen molar-refractivity contribution in [1.29, 1.82) is 0 Å². The van der Waals surface area contributed by atoms with Gasteiger partial charge in [-0.2, -0.15) is 0 Å². The number of aryl methyl sites for hydroxylation is 2. The van der Waals surface area contributed by atoms with Gasteiger partial charge in [0.1, 0.15) is 12.6 Å². The number of amides is 2. The van der Waals surface area contributed by atoms with Crippen LogP contribution >= 0.6 is 11.6 Å². The van der Waals surface area contributed by atoms with Gasteiger partial charge in [0.05, 0.1) is 10.6 Å². The summed E-state index contributed by atoms with van der Waals surface area (Å²) in [6.45, 7) is 10.9. The molecular weight excluding hydrogens is 558 g/mol. The minimum Gasteiger partial charge on any atom is -0.350 e. The molecule has 0 aliphatic carbocycles. The lowest BCUT2D eigenvalue weighted by molar-refractivity contribution is -0.140. The Morgan fingerprint density at radius 2 is 1.59 bits per heavy atom. The SMILES string of the molecule is CC[C@H](C(=O)NC(C)(C)C)N(CCc1ccccc1)C(=O)CN(c1ccc(C)c(Cl)c1)S(=O)(=O)c1ccc(C)cc1. The van der Waals surface area contributed by atoms with Crippen molar-refractivity contribution in [1.82, 2.24) is 10.2 Å². The Labute approximate surface area is 249 Å². The summed E-state index contributed by atoms with van der Waals surface area (Å²) in [4.78, 5) is 29.0. The van der Waals surface area contributed by atoms with E-state index in [-0.39, 0.29) is 23.0 Å². The van der Waals surface area contributed by atoms with Crippen molar-refractivity contribution in [3.63, 3.8) is 0 Å². The Hall–Kier alpha value is -3.36. The third kappa shape index (κ3) is 8.57. The second-order valence-electron chi connectivity index (χ2n) is 11.2. The molecule has 0 saturated heterocycles. The molecule has 3 rings (SSSR count). The predicted molar refractivity (Wildman–Crippen MR) is 166 cm³/mol. The van der Waals surface area contributed by atoms with E-state index in [1.807, 2.05) is 71.9 Å². The van der Waals surface area contributed by atoms with Crippen LogP contribution in [0.2, 0.25) is 5.02 Å². The van der Waals surface area contributed by atoms with Crippen molar-refractivity contribution >= 4 is 39.1 Å². The Balaban J connectivity index is 2.04. The molecule has 0 spiro atoms. The van der Waals surface area contributed by atoms with Crippen molar-refractivity contribution in [2.24, 2.45) is 0 Å². The highest BCUT2D eigenvalue weighted by Gasteiger charge is 2.34. The van der Waals surface area contributed by atoms with Crippen molar-refractivity contribution in [3.05, 3.63) is 94.5 Å². The first kappa shape index (κ1) is 32.2. The van der Waals surface area contributed by atoms with E-state index in [0.717, 1.165) is 21.0 Å². The van der Waals surface area contributed by atoms with Crippen LogP contribution in [0.25, 0.3) is 0 Å². The maximum atomic E-state index is 14.1.